The Kier molecular flexibility index (Phi) is 6.10. The summed E-state index contributed by atoms with van der Waals surface area (Å²) in [5.74, 6) is -0.0953. The van der Waals surface area contributed by atoms with E-state index in [1.165, 1.54) is 17.9 Å². The van der Waals surface area contributed by atoms with Crippen LogP contribution in [0.15, 0.2) is 54.7 Å². The fourth-order valence-corrected chi connectivity index (χ4v) is 2.99. The zero-order valence-corrected chi connectivity index (χ0v) is 15.3. The van der Waals surface area contributed by atoms with Crippen LogP contribution in [0, 0.1) is 0 Å². The number of fused-ring (bicyclic) bond motifs is 1. The van der Waals surface area contributed by atoms with Crippen molar-refractivity contribution >= 4 is 34.1 Å². The van der Waals surface area contributed by atoms with Crippen LogP contribution in [-0.4, -0.2) is 29.9 Å². The van der Waals surface area contributed by atoms with Crippen molar-refractivity contribution in [2.45, 2.75) is 19.8 Å². The van der Waals surface area contributed by atoms with E-state index in [0.29, 0.717) is 19.5 Å². The largest absolute Gasteiger partial charge is 0.384 e. The third kappa shape index (κ3) is 5.34. The Morgan fingerprint density at radius 1 is 1.00 bits per heavy atom. The molecule has 1 aromatic heterocycles. The number of aromatic amines is 1. The lowest BCUT2D eigenvalue weighted by atomic mass is 10.1. The molecule has 6 heteroatoms. The highest BCUT2D eigenvalue weighted by atomic mass is 16.2. The molecule has 140 valence electrons. The summed E-state index contributed by atoms with van der Waals surface area (Å²) in [6, 6.07) is 15.6. The van der Waals surface area contributed by atoms with Gasteiger partial charge in [0.25, 0.3) is 0 Å². The van der Waals surface area contributed by atoms with E-state index < -0.39 is 0 Å². The standard InChI is InChI=1S/C21H24N4O2/c1-15(26)25-18-6-4-5-17(13-18)22-12-10-21(27)23-11-9-16-14-24-20-8-3-2-7-19(16)20/h2-8,13-14,22,24H,9-12H2,1H3,(H,23,27)(H,25,26). The normalized spacial score (nSPS) is 10.6. The van der Waals surface area contributed by atoms with Gasteiger partial charge in [0.05, 0.1) is 0 Å². The van der Waals surface area contributed by atoms with Crippen LogP contribution in [0.3, 0.4) is 0 Å². The lowest BCUT2D eigenvalue weighted by Gasteiger charge is -2.09. The van der Waals surface area contributed by atoms with Crippen molar-refractivity contribution in [2.75, 3.05) is 23.7 Å². The van der Waals surface area contributed by atoms with Crippen molar-refractivity contribution < 1.29 is 9.59 Å². The third-order valence-electron chi connectivity index (χ3n) is 4.26. The molecule has 1 heterocycles. The van der Waals surface area contributed by atoms with E-state index in [1.807, 2.05) is 48.7 Å². The zero-order chi connectivity index (χ0) is 19.1. The summed E-state index contributed by atoms with van der Waals surface area (Å²) in [5, 5.41) is 10.1. The molecule has 27 heavy (non-hydrogen) atoms. The molecule has 0 atom stereocenters. The highest BCUT2D eigenvalue weighted by Gasteiger charge is 2.05. The highest BCUT2D eigenvalue weighted by Crippen LogP contribution is 2.17. The molecule has 0 unspecified atom stereocenters. The van der Waals surface area contributed by atoms with Gasteiger partial charge in [-0.15, -0.1) is 0 Å². The first-order chi connectivity index (χ1) is 13.1. The number of aromatic nitrogens is 1. The maximum atomic E-state index is 12.0. The van der Waals surface area contributed by atoms with Gasteiger partial charge in [-0.1, -0.05) is 24.3 Å². The molecule has 0 aliphatic heterocycles. The molecule has 0 aliphatic carbocycles. The van der Waals surface area contributed by atoms with Crippen molar-refractivity contribution in [2.24, 2.45) is 0 Å². The van der Waals surface area contributed by atoms with Crippen molar-refractivity contribution in [3.05, 3.63) is 60.3 Å². The predicted octanol–water partition coefficient (Wildman–Crippen LogP) is 3.29. The minimum atomic E-state index is -0.110. The molecule has 0 aliphatic rings. The number of H-pyrrole nitrogens is 1. The number of carbonyl (C=O) groups is 2. The minimum Gasteiger partial charge on any atom is -0.384 e. The minimum absolute atomic E-state index is 0.0142. The van der Waals surface area contributed by atoms with Gasteiger partial charge in [-0.05, 0) is 36.2 Å². The van der Waals surface area contributed by atoms with Crippen molar-refractivity contribution in [3.8, 4) is 0 Å². The van der Waals surface area contributed by atoms with Crippen molar-refractivity contribution in [3.63, 3.8) is 0 Å². The summed E-state index contributed by atoms with van der Waals surface area (Å²) in [5.41, 5.74) is 3.92. The molecule has 0 saturated heterocycles. The zero-order valence-electron chi connectivity index (χ0n) is 15.3. The van der Waals surface area contributed by atoms with Gasteiger partial charge in [0, 0.05) is 54.9 Å². The van der Waals surface area contributed by atoms with Crippen molar-refractivity contribution in [1.29, 1.82) is 0 Å². The molecule has 2 amide bonds. The molecule has 3 rings (SSSR count). The first kappa shape index (κ1) is 18.5. The maximum absolute atomic E-state index is 12.0. The Morgan fingerprint density at radius 2 is 1.81 bits per heavy atom. The topological polar surface area (TPSA) is 86.0 Å². The van der Waals surface area contributed by atoms with Crippen LogP contribution < -0.4 is 16.0 Å². The number of benzene rings is 2. The Labute approximate surface area is 158 Å². The first-order valence-corrected chi connectivity index (χ1v) is 9.05. The van der Waals surface area contributed by atoms with E-state index in [1.54, 1.807) is 0 Å². The van der Waals surface area contributed by atoms with Crippen LogP contribution in [-0.2, 0) is 16.0 Å². The molecule has 0 radical (unpaired) electrons. The number of hydrogen-bond acceptors (Lipinski definition) is 3. The van der Waals surface area contributed by atoms with Gasteiger partial charge in [0.1, 0.15) is 0 Å². The number of hydrogen-bond donors (Lipinski definition) is 4. The molecule has 4 N–H and O–H groups in total. The number of anilines is 2. The van der Waals surface area contributed by atoms with Gasteiger partial charge in [0.2, 0.25) is 11.8 Å². The Balaban J connectivity index is 1.39. The molecule has 0 spiro atoms. The Morgan fingerprint density at radius 3 is 2.67 bits per heavy atom. The SMILES string of the molecule is CC(=O)Nc1cccc(NCCC(=O)NCCc2c[nH]c3ccccc23)c1. The van der Waals surface area contributed by atoms with E-state index in [4.69, 9.17) is 0 Å². The average Bonchev–Trinajstić information content (AvgIpc) is 3.05. The highest BCUT2D eigenvalue weighted by molar-refractivity contribution is 5.89. The fraction of sp³-hybridized carbons (Fsp3) is 0.238. The van der Waals surface area contributed by atoms with E-state index in [2.05, 4.69) is 27.0 Å². The van der Waals surface area contributed by atoms with Gasteiger partial charge in [-0.3, -0.25) is 9.59 Å². The second-order valence-electron chi connectivity index (χ2n) is 6.40. The molecule has 0 fully saturated rings. The summed E-state index contributed by atoms with van der Waals surface area (Å²) >= 11 is 0. The summed E-state index contributed by atoms with van der Waals surface area (Å²) in [7, 11) is 0. The summed E-state index contributed by atoms with van der Waals surface area (Å²) in [6.45, 7) is 2.61. The average molecular weight is 364 g/mol. The molecule has 6 nitrogen and oxygen atoms in total. The molecule has 0 bridgehead atoms. The first-order valence-electron chi connectivity index (χ1n) is 9.05. The van der Waals surface area contributed by atoms with Crippen LogP contribution in [0.1, 0.15) is 18.9 Å². The molecular formula is C21H24N4O2. The lowest BCUT2D eigenvalue weighted by Crippen LogP contribution is -2.27. The van der Waals surface area contributed by atoms with E-state index in [-0.39, 0.29) is 11.8 Å². The number of nitrogens with one attached hydrogen (secondary N) is 4. The number of para-hydroxylation sites is 1. The summed E-state index contributed by atoms with van der Waals surface area (Å²) in [4.78, 5) is 26.4. The molecule has 0 saturated carbocycles. The quantitative estimate of drug-likeness (QED) is 0.495. The fourth-order valence-electron chi connectivity index (χ4n) is 2.99. The lowest BCUT2D eigenvalue weighted by molar-refractivity contribution is -0.120. The van der Waals surface area contributed by atoms with Gasteiger partial charge >= 0.3 is 0 Å². The maximum Gasteiger partial charge on any atom is 0.221 e. The second kappa shape index (κ2) is 8.89. The van der Waals surface area contributed by atoms with Crippen molar-refractivity contribution in [1.82, 2.24) is 10.3 Å². The van der Waals surface area contributed by atoms with E-state index >= 15 is 0 Å². The predicted molar refractivity (Wildman–Crippen MR) is 109 cm³/mol. The van der Waals surface area contributed by atoms with E-state index in [9.17, 15) is 9.59 Å². The molecule has 3 aromatic rings. The van der Waals surface area contributed by atoms with Gasteiger partial charge < -0.3 is 20.9 Å². The van der Waals surface area contributed by atoms with Crippen LogP contribution in [0.4, 0.5) is 11.4 Å². The summed E-state index contributed by atoms with van der Waals surface area (Å²) < 4.78 is 0. The number of amides is 2. The monoisotopic (exact) mass is 364 g/mol. The van der Waals surface area contributed by atoms with Crippen LogP contribution in [0.2, 0.25) is 0 Å². The van der Waals surface area contributed by atoms with Crippen LogP contribution in [0.25, 0.3) is 10.9 Å². The second-order valence-corrected chi connectivity index (χ2v) is 6.40. The number of rotatable bonds is 8. The van der Waals surface area contributed by atoms with Gasteiger partial charge in [-0.2, -0.15) is 0 Å². The molecular weight excluding hydrogens is 340 g/mol. The third-order valence-corrected chi connectivity index (χ3v) is 4.26. The Bertz CT molecular complexity index is 933. The smallest absolute Gasteiger partial charge is 0.221 e. The van der Waals surface area contributed by atoms with E-state index in [0.717, 1.165) is 23.3 Å². The summed E-state index contributed by atoms with van der Waals surface area (Å²) in [6.07, 6.45) is 3.18. The van der Waals surface area contributed by atoms with Gasteiger partial charge in [0.15, 0.2) is 0 Å². The van der Waals surface area contributed by atoms with Crippen LogP contribution in [0.5, 0.6) is 0 Å². The number of carbonyl (C=O) groups excluding carboxylic acids is 2. The van der Waals surface area contributed by atoms with Crippen LogP contribution >= 0.6 is 0 Å². The Hall–Kier alpha value is -3.28. The molecule has 2 aromatic carbocycles. The van der Waals surface area contributed by atoms with Gasteiger partial charge in [-0.25, -0.2) is 0 Å².